The predicted molar refractivity (Wildman–Crippen MR) is 131 cm³/mol. The first-order chi connectivity index (χ1) is 17.0. The van der Waals surface area contributed by atoms with E-state index in [-0.39, 0.29) is 12.4 Å². The molecule has 186 valence electrons. The summed E-state index contributed by atoms with van der Waals surface area (Å²) >= 11 is 0. The molecule has 1 aromatic heterocycles. The number of hydrogen-bond acceptors (Lipinski definition) is 5. The number of benzene rings is 2. The van der Waals surface area contributed by atoms with Crippen LogP contribution in [0.4, 0.5) is 4.39 Å². The van der Waals surface area contributed by atoms with E-state index >= 15 is 4.39 Å². The van der Waals surface area contributed by atoms with Crippen LogP contribution >= 0.6 is 0 Å². The molecule has 2 N–H and O–H groups in total. The topological polar surface area (TPSA) is 87.3 Å². The van der Waals surface area contributed by atoms with Crippen molar-refractivity contribution in [3.63, 3.8) is 0 Å². The minimum absolute atomic E-state index is 0.0372. The third-order valence-electron chi connectivity index (χ3n) is 7.24. The monoisotopic (exact) mass is 498 g/mol. The second-order valence-electron chi connectivity index (χ2n) is 9.35. The Morgan fingerprint density at radius 1 is 1.17 bits per heavy atom. The van der Waals surface area contributed by atoms with Crippen molar-refractivity contribution in [2.45, 2.75) is 49.6 Å². The van der Waals surface area contributed by atoms with E-state index in [1.807, 2.05) is 36.4 Å². The Labute approximate surface area is 205 Å². The van der Waals surface area contributed by atoms with Crippen LogP contribution < -0.4 is 5.32 Å². The third-order valence-corrected chi connectivity index (χ3v) is 9.49. The Morgan fingerprint density at radius 3 is 2.69 bits per heavy atom. The van der Waals surface area contributed by atoms with Crippen molar-refractivity contribution in [2.24, 2.45) is 0 Å². The van der Waals surface area contributed by atoms with Crippen LogP contribution in [-0.2, 0) is 33.4 Å². The van der Waals surface area contributed by atoms with Crippen LogP contribution in [0.1, 0.15) is 53.3 Å². The number of halogens is 1. The second-order valence-corrected chi connectivity index (χ2v) is 11.5. The molecular weight excluding hydrogens is 467 g/mol. The number of nitrogens with one attached hydrogen (secondary N) is 2. The Bertz CT molecular complexity index is 1230. The highest BCUT2D eigenvalue weighted by molar-refractivity contribution is 7.89. The van der Waals surface area contributed by atoms with Crippen molar-refractivity contribution in [2.75, 3.05) is 19.8 Å². The summed E-state index contributed by atoms with van der Waals surface area (Å²) in [5.74, 6) is -0.381. The zero-order valence-corrected chi connectivity index (χ0v) is 20.4. The maximum absolute atomic E-state index is 15.4. The highest BCUT2D eigenvalue weighted by atomic mass is 32.2. The standard InChI is InChI=1S/C26H31FN4O3S/c27-24-15-22(26(10-13-34-14-11-26)30-17-23-16-28-19-29-23)9-8-21(24)18-31-12-4-7-25(35(31,32)33)20-5-2-1-3-6-20/h1-3,5-6,8-9,15-16,19,25,30H,4,7,10-14,17-18H2,(H,28,29)/t25-/m1/s1. The summed E-state index contributed by atoms with van der Waals surface area (Å²) in [7, 11) is -3.58. The summed E-state index contributed by atoms with van der Waals surface area (Å²) in [5.41, 5.74) is 2.57. The lowest BCUT2D eigenvalue weighted by atomic mass is 9.82. The van der Waals surface area contributed by atoms with Gasteiger partial charge in [-0.05, 0) is 42.9 Å². The van der Waals surface area contributed by atoms with Crippen molar-refractivity contribution in [3.05, 3.63) is 89.3 Å². The molecule has 5 rings (SSSR count). The van der Waals surface area contributed by atoms with E-state index in [4.69, 9.17) is 4.74 Å². The first-order valence-electron chi connectivity index (χ1n) is 12.1. The average Bonchev–Trinajstić information content (AvgIpc) is 3.40. The van der Waals surface area contributed by atoms with Gasteiger partial charge in [-0.25, -0.2) is 17.8 Å². The largest absolute Gasteiger partial charge is 0.381 e. The van der Waals surface area contributed by atoms with E-state index in [0.717, 1.165) is 36.1 Å². The van der Waals surface area contributed by atoms with Gasteiger partial charge in [-0.1, -0.05) is 42.5 Å². The van der Waals surface area contributed by atoms with Gasteiger partial charge in [0.15, 0.2) is 0 Å². The second kappa shape index (κ2) is 10.2. The average molecular weight is 499 g/mol. The molecule has 35 heavy (non-hydrogen) atoms. The van der Waals surface area contributed by atoms with Crippen molar-refractivity contribution >= 4 is 10.0 Å². The van der Waals surface area contributed by atoms with Gasteiger partial charge >= 0.3 is 0 Å². The van der Waals surface area contributed by atoms with Crippen LogP contribution in [0.25, 0.3) is 0 Å². The normalized spacial score (nSPS) is 22.1. The predicted octanol–water partition coefficient (Wildman–Crippen LogP) is 4.01. The number of aromatic nitrogens is 2. The number of rotatable bonds is 7. The molecule has 2 saturated heterocycles. The molecule has 7 nitrogen and oxygen atoms in total. The van der Waals surface area contributed by atoms with E-state index in [2.05, 4.69) is 15.3 Å². The number of ether oxygens (including phenoxy) is 1. The quantitative estimate of drug-likeness (QED) is 0.514. The van der Waals surface area contributed by atoms with Gasteiger partial charge in [0.2, 0.25) is 10.0 Å². The van der Waals surface area contributed by atoms with Gasteiger partial charge in [-0.2, -0.15) is 4.31 Å². The van der Waals surface area contributed by atoms with Crippen LogP contribution in [0.3, 0.4) is 0 Å². The molecule has 0 radical (unpaired) electrons. The number of H-pyrrole nitrogens is 1. The number of aromatic amines is 1. The number of hydrogen-bond donors (Lipinski definition) is 2. The fourth-order valence-electron chi connectivity index (χ4n) is 5.18. The number of sulfonamides is 1. The highest BCUT2D eigenvalue weighted by Gasteiger charge is 2.38. The van der Waals surface area contributed by atoms with Gasteiger partial charge in [-0.3, -0.25) is 0 Å². The summed E-state index contributed by atoms with van der Waals surface area (Å²) in [6.45, 7) is 2.20. The Morgan fingerprint density at radius 2 is 1.97 bits per heavy atom. The van der Waals surface area contributed by atoms with Gasteiger partial charge in [0.1, 0.15) is 11.1 Å². The van der Waals surface area contributed by atoms with Crippen molar-refractivity contribution in [1.29, 1.82) is 0 Å². The molecule has 2 aliphatic heterocycles. The van der Waals surface area contributed by atoms with Gasteiger partial charge in [-0.15, -0.1) is 0 Å². The van der Waals surface area contributed by atoms with Crippen LogP contribution in [0.5, 0.6) is 0 Å². The highest BCUT2D eigenvalue weighted by Crippen LogP contribution is 2.37. The number of imidazole rings is 1. The zero-order valence-electron chi connectivity index (χ0n) is 19.6. The molecule has 0 unspecified atom stereocenters. The summed E-state index contributed by atoms with van der Waals surface area (Å²) in [6.07, 6.45) is 6.18. The zero-order chi connectivity index (χ0) is 24.3. The van der Waals surface area contributed by atoms with Crippen LogP contribution in [0.15, 0.2) is 61.1 Å². The fraction of sp³-hybridized carbons (Fsp3) is 0.423. The first kappa shape index (κ1) is 24.1. The molecule has 2 aliphatic rings. The van der Waals surface area contributed by atoms with Gasteiger partial charge in [0.25, 0.3) is 0 Å². The molecular formula is C26H31FN4O3S. The lowest BCUT2D eigenvalue weighted by Gasteiger charge is -2.39. The summed E-state index contributed by atoms with van der Waals surface area (Å²) < 4.78 is 49.2. The molecule has 0 aliphatic carbocycles. The summed E-state index contributed by atoms with van der Waals surface area (Å²) in [6, 6.07) is 14.5. The van der Waals surface area contributed by atoms with E-state index in [1.54, 1.807) is 24.7 Å². The maximum atomic E-state index is 15.4. The van der Waals surface area contributed by atoms with Gasteiger partial charge in [0, 0.05) is 55.8 Å². The molecule has 2 fully saturated rings. The lowest BCUT2D eigenvalue weighted by molar-refractivity contribution is 0.0355. The van der Waals surface area contributed by atoms with E-state index < -0.39 is 20.8 Å². The molecule has 0 bridgehead atoms. The maximum Gasteiger partial charge on any atom is 0.221 e. The van der Waals surface area contributed by atoms with Gasteiger partial charge in [0.05, 0.1) is 6.33 Å². The molecule has 1 atom stereocenters. The van der Waals surface area contributed by atoms with E-state index in [9.17, 15) is 8.42 Å². The van der Waals surface area contributed by atoms with Crippen LogP contribution in [-0.4, -0.2) is 42.4 Å². The van der Waals surface area contributed by atoms with Gasteiger partial charge < -0.3 is 15.0 Å². The van der Waals surface area contributed by atoms with E-state index in [1.165, 1.54) is 4.31 Å². The fourth-order valence-corrected chi connectivity index (χ4v) is 7.21. The van der Waals surface area contributed by atoms with Crippen molar-refractivity contribution < 1.29 is 17.5 Å². The molecule has 3 aromatic rings. The Kier molecular flexibility index (Phi) is 7.02. The smallest absolute Gasteiger partial charge is 0.221 e. The summed E-state index contributed by atoms with van der Waals surface area (Å²) in [4.78, 5) is 7.16. The van der Waals surface area contributed by atoms with Crippen LogP contribution in [0.2, 0.25) is 0 Å². The Balaban J connectivity index is 1.36. The minimum Gasteiger partial charge on any atom is -0.381 e. The molecule has 9 heteroatoms. The lowest BCUT2D eigenvalue weighted by Crippen LogP contribution is -2.46. The summed E-state index contributed by atoms with van der Waals surface area (Å²) in [5, 5.41) is 3.01. The SMILES string of the molecule is O=S1(=O)[C@@H](c2ccccc2)CCCN1Cc1ccc(C2(NCc3cnc[nH]3)CCOCC2)cc1F. The molecule has 0 spiro atoms. The van der Waals surface area contributed by atoms with Crippen molar-refractivity contribution in [3.8, 4) is 0 Å². The molecule has 0 saturated carbocycles. The van der Waals surface area contributed by atoms with E-state index in [0.29, 0.717) is 38.3 Å². The third kappa shape index (κ3) is 5.04. The molecule has 3 heterocycles. The minimum atomic E-state index is -3.58. The number of nitrogens with zero attached hydrogens (tertiary/aromatic N) is 2. The molecule has 2 aromatic carbocycles. The first-order valence-corrected chi connectivity index (χ1v) is 13.6. The molecule has 0 amide bonds. The Hall–Kier alpha value is -2.59. The van der Waals surface area contributed by atoms with Crippen LogP contribution in [0, 0.1) is 5.82 Å². The van der Waals surface area contributed by atoms with Crippen molar-refractivity contribution in [1.82, 2.24) is 19.6 Å².